The summed E-state index contributed by atoms with van der Waals surface area (Å²) in [5.41, 5.74) is 4.41. The fourth-order valence-corrected chi connectivity index (χ4v) is 2.12. The molecule has 0 atom stereocenters. The molecule has 0 aromatic heterocycles. The second kappa shape index (κ2) is 6.93. The van der Waals surface area contributed by atoms with Gasteiger partial charge in [0.2, 0.25) is 5.91 Å². The first-order chi connectivity index (χ1) is 10.1. The van der Waals surface area contributed by atoms with Crippen LogP contribution in [-0.4, -0.2) is 19.5 Å². The topological polar surface area (TPSA) is 32.3 Å². The minimum absolute atomic E-state index is 0.0426. The van der Waals surface area contributed by atoms with Crippen LogP contribution in [0.25, 0.3) is 0 Å². The second-order valence-electron chi connectivity index (χ2n) is 5.35. The van der Waals surface area contributed by atoms with Crippen LogP contribution in [0.1, 0.15) is 17.5 Å². The Hall–Kier alpha value is -2.29. The van der Waals surface area contributed by atoms with Crippen LogP contribution in [0.15, 0.2) is 48.5 Å². The molecule has 110 valence electrons. The van der Waals surface area contributed by atoms with E-state index in [1.165, 1.54) is 11.1 Å². The lowest BCUT2D eigenvalue weighted by atomic mass is 10.1. The van der Waals surface area contributed by atoms with Gasteiger partial charge in [0.1, 0.15) is 0 Å². The monoisotopic (exact) mass is 282 g/mol. The first-order valence-electron chi connectivity index (χ1n) is 7.19. The van der Waals surface area contributed by atoms with E-state index in [0.29, 0.717) is 13.0 Å². The Morgan fingerprint density at radius 2 is 1.76 bits per heavy atom. The normalized spacial score (nSPS) is 10.2. The summed E-state index contributed by atoms with van der Waals surface area (Å²) in [5.74, 6) is 0.0426. The highest BCUT2D eigenvalue weighted by Gasteiger charge is 2.06. The minimum Gasteiger partial charge on any atom is -0.374 e. The van der Waals surface area contributed by atoms with E-state index in [0.717, 1.165) is 11.4 Å². The summed E-state index contributed by atoms with van der Waals surface area (Å²) in [5, 5.41) is 2.95. The first kappa shape index (κ1) is 15.1. The zero-order valence-electron chi connectivity index (χ0n) is 12.9. The van der Waals surface area contributed by atoms with Gasteiger partial charge >= 0.3 is 0 Å². The Morgan fingerprint density at radius 3 is 2.43 bits per heavy atom. The van der Waals surface area contributed by atoms with Crippen LogP contribution < -0.4 is 10.2 Å². The SMILES string of the molecule is Cc1ccc(NC(=O)CCN(C)c2ccccc2)cc1C. The van der Waals surface area contributed by atoms with Crippen LogP contribution in [0.5, 0.6) is 0 Å². The maximum absolute atomic E-state index is 12.0. The van der Waals surface area contributed by atoms with Gasteiger partial charge in [0.15, 0.2) is 0 Å². The third-order valence-corrected chi connectivity index (χ3v) is 3.66. The molecule has 0 bridgehead atoms. The molecule has 0 aliphatic carbocycles. The Balaban J connectivity index is 1.86. The predicted octanol–water partition coefficient (Wildman–Crippen LogP) is 3.77. The van der Waals surface area contributed by atoms with Crippen molar-refractivity contribution >= 4 is 17.3 Å². The summed E-state index contributed by atoms with van der Waals surface area (Å²) >= 11 is 0. The molecule has 2 aromatic carbocycles. The Labute approximate surface area is 126 Å². The van der Waals surface area contributed by atoms with Gasteiger partial charge < -0.3 is 10.2 Å². The number of benzene rings is 2. The third-order valence-electron chi connectivity index (χ3n) is 3.66. The molecule has 2 rings (SSSR count). The number of hydrogen-bond donors (Lipinski definition) is 1. The van der Waals surface area contributed by atoms with E-state index >= 15 is 0 Å². The lowest BCUT2D eigenvalue weighted by Crippen LogP contribution is -2.23. The van der Waals surface area contributed by atoms with Crippen molar-refractivity contribution in [1.29, 1.82) is 0 Å². The molecular formula is C18H22N2O. The van der Waals surface area contributed by atoms with Gasteiger partial charge in [-0.3, -0.25) is 4.79 Å². The van der Waals surface area contributed by atoms with E-state index in [9.17, 15) is 4.79 Å². The van der Waals surface area contributed by atoms with E-state index in [2.05, 4.69) is 17.1 Å². The van der Waals surface area contributed by atoms with E-state index in [1.807, 2.05) is 62.5 Å². The van der Waals surface area contributed by atoms with Crippen molar-refractivity contribution in [2.75, 3.05) is 23.8 Å². The van der Waals surface area contributed by atoms with Gasteiger partial charge in [-0.25, -0.2) is 0 Å². The first-order valence-corrected chi connectivity index (χ1v) is 7.19. The quantitative estimate of drug-likeness (QED) is 0.905. The molecule has 1 amide bonds. The van der Waals surface area contributed by atoms with Crippen molar-refractivity contribution in [2.45, 2.75) is 20.3 Å². The maximum atomic E-state index is 12.0. The molecule has 0 spiro atoms. The van der Waals surface area contributed by atoms with Crippen molar-refractivity contribution in [2.24, 2.45) is 0 Å². The van der Waals surface area contributed by atoms with Gasteiger partial charge in [-0.05, 0) is 49.2 Å². The summed E-state index contributed by atoms with van der Waals surface area (Å²) < 4.78 is 0. The maximum Gasteiger partial charge on any atom is 0.226 e. The van der Waals surface area contributed by atoms with Gasteiger partial charge in [-0.2, -0.15) is 0 Å². The molecule has 2 aromatic rings. The van der Waals surface area contributed by atoms with Gasteiger partial charge in [0.25, 0.3) is 0 Å². The van der Waals surface area contributed by atoms with Crippen molar-refractivity contribution in [1.82, 2.24) is 0 Å². The Bertz CT molecular complexity index is 608. The zero-order valence-corrected chi connectivity index (χ0v) is 12.9. The number of aryl methyl sites for hydroxylation is 2. The van der Waals surface area contributed by atoms with E-state index in [4.69, 9.17) is 0 Å². The van der Waals surface area contributed by atoms with Crippen LogP contribution in [0.2, 0.25) is 0 Å². The van der Waals surface area contributed by atoms with Crippen LogP contribution >= 0.6 is 0 Å². The van der Waals surface area contributed by atoms with Gasteiger partial charge in [-0.1, -0.05) is 24.3 Å². The molecule has 0 saturated heterocycles. The van der Waals surface area contributed by atoms with Crippen molar-refractivity contribution in [3.63, 3.8) is 0 Å². The summed E-state index contributed by atoms with van der Waals surface area (Å²) in [4.78, 5) is 14.1. The summed E-state index contributed by atoms with van der Waals surface area (Å²) in [6, 6.07) is 16.1. The molecule has 3 nitrogen and oxygen atoms in total. The average molecular weight is 282 g/mol. The summed E-state index contributed by atoms with van der Waals surface area (Å²) in [7, 11) is 2.00. The molecule has 0 fully saturated rings. The highest BCUT2D eigenvalue weighted by molar-refractivity contribution is 5.91. The fraction of sp³-hybridized carbons (Fsp3) is 0.278. The molecular weight excluding hydrogens is 260 g/mol. The molecule has 0 aliphatic heterocycles. The largest absolute Gasteiger partial charge is 0.374 e. The fourth-order valence-electron chi connectivity index (χ4n) is 2.12. The van der Waals surface area contributed by atoms with Crippen molar-refractivity contribution in [3.8, 4) is 0 Å². The lowest BCUT2D eigenvalue weighted by molar-refractivity contribution is -0.116. The van der Waals surface area contributed by atoms with E-state index in [-0.39, 0.29) is 5.91 Å². The van der Waals surface area contributed by atoms with Crippen LogP contribution in [0.4, 0.5) is 11.4 Å². The van der Waals surface area contributed by atoms with Crippen LogP contribution in [0.3, 0.4) is 0 Å². The number of hydrogen-bond acceptors (Lipinski definition) is 2. The molecule has 3 heteroatoms. The van der Waals surface area contributed by atoms with Crippen molar-refractivity contribution < 1.29 is 4.79 Å². The number of nitrogens with zero attached hydrogens (tertiary/aromatic N) is 1. The van der Waals surface area contributed by atoms with E-state index < -0.39 is 0 Å². The van der Waals surface area contributed by atoms with Crippen molar-refractivity contribution in [3.05, 3.63) is 59.7 Å². The summed E-state index contributed by atoms with van der Waals surface area (Å²) in [6.45, 7) is 4.81. The minimum atomic E-state index is 0.0426. The number of amides is 1. The molecule has 1 N–H and O–H groups in total. The van der Waals surface area contributed by atoms with Gasteiger partial charge in [0.05, 0.1) is 0 Å². The number of anilines is 2. The highest BCUT2D eigenvalue weighted by atomic mass is 16.1. The molecule has 0 heterocycles. The Morgan fingerprint density at radius 1 is 1.05 bits per heavy atom. The molecule has 0 unspecified atom stereocenters. The zero-order chi connectivity index (χ0) is 15.2. The molecule has 0 saturated carbocycles. The van der Waals surface area contributed by atoms with E-state index in [1.54, 1.807) is 0 Å². The van der Waals surface area contributed by atoms with Crippen LogP contribution in [0, 0.1) is 13.8 Å². The molecule has 0 aliphatic rings. The summed E-state index contributed by atoms with van der Waals surface area (Å²) in [6.07, 6.45) is 0.471. The Kier molecular flexibility index (Phi) is 4.99. The highest BCUT2D eigenvalue weighted by Crippen LogP contribution is 2.15. The third kappa shape index (κ3) is 4.35. The van der Waals surface area contributed by atoms with Crippen LogP contribution in [-0.2, 0) is 4.79 Å². The molecule has 0 radical (unpaired) electrons. The smallest absolute Gasteiger partial charge is 0.226 e. The number of para-hydroxylation sites is 1. The standard InChI is InChI=1S/C18H22N2O/c1-14-9-10-16(13-15(14)2)19-18(21)11-12-20(3)17-7-5-4-6-8-17/h4-10,13H,11-12H2,1-3H3,(H,19,21). The number of rotatable bonds is 5. The predicted molar refractivity (Wildman–Crippen MR) is 88.9 cm³/mol. The van der Waals surface area contributed by atoms with Gasteiger partial charge in [0, 0.05) is 31.4 Å². The second-order valence-corrected chi connectivity index (χ2v) is 5.35. The number of carbonyl (C=O) groups is 1. The average Bonchev–Trinajstić information content (AvgIpc) is 2.49. The van der Waals surface area contributed by atoms with Gasteiger partial charge in [-0.15, -0.1) is 0 Å². The number of carbonyl (C=O) groups excluding carboxylic acids is 1. The lowest BCUT2D eigenvalue weighted by Gasteiger charge is -2.18. The number of nitrogens with one attached hydrogen (secondary N) is 1. The molecule has 21 heavy (non-hydrogen) atoms.